The topological polar surface area (TPSA) is 93.0 Å². The molecule has 0 bridgehead atoms. The van der Waals surface area contributed by atoms with Gasteiger partial charge in [-0.3, -0.25) is 4.98 Å². The van der Waals surface area contributed by atoms with E-state index in [1.165, 1.54) is 0 Å². The number of fused-ring (bicyclic) bond motifs is 1. The van der Waals surface area contributed by atoms with E-state index >= 15 is 0 Å². The highest BCUT2D eigenvalue weighted by atomic mass is 16.5. The summed E-state index contributed by atoms with van der Waals surface area (Å²) in [5, 5.41) is 10.1. The fourth-order valence-electron chi connectivity index (χ4n) is 4.40. The molecule has 1 saturated heterocycles. The summed E-state index contributed by atoms with van der Waals surface area (Å²) in [5.41, 5.74) is 4.30. The Hall–Kier alpha value is -4.55. The number of benzene rings is 3. The number of anilines is 3. The van der Waals surface area contributed by atoms with Crippen molar-refractivity contribution in [2.45, 2.75) is 6.61 Å². The van der Waals surface area contributed by atoms with Crippen LogP contribution in [0.3, 0.4) is 0 Å². The zero-order valence-electron chi connectivity index (χ0n) is 21.7. The van der Waals surface area contributed by atoms with Crippen LogP contribution >= 0.6 is 0 Å². The molecule has 1 aliphatic heterocycles. The van der Waals surface area contributed by atoms with Crippen molar-refractivity contribution in [1.29, 1.82) is 5.26 Å². The summed E-state index contributed by atoms with van der Waals surface area (Å²) in [4.78, 5) is 13.5. The van der Waals surface area contributed by atoms with Gasteiger partial charge in [0, 0.05) is 31.9 Å². The Morgan fingerprint density at radius 1 is 1.00 bits per heavy atom. The van der Waals surface area contributed by atoms with Crippen LogP contribution in [-0.2, 0) is 11.3 Å². The molecule has 0 N–H and O–H groups in total. The lowest BCUT2D eigenvalue weighted by atomic mass is 10.1. The highest BCUT2D eigenvalue weighted by Gasteiger charge is 2.19. The fraction of sp³-hybridized carbons (Fsp3) is 0.276. The molecule has 0 amide bonds. The number of hydrogen-bond donors (Lipinski definition) is 0. The van der Waals surface area contributed by atoms with Gasteiger partial charge in [-0.15, -0.1) is 0 Å². The van der Waals surface area contributed by atoms with E-state index in [4.69, 9.17) is 23.9 Å². The third-order valence-corrected chi connectivity index (χ3v) is 6.58. The maximum atomic E-state index is 10.1. The van der Waals surface area contributed by atoms with Gasteiger partial charge in [-0.05, 0) is 42.0 Å². The summed E-state index contributed by atoms with van der Waals surface area (Å²) in [5.74, 6) is 2.77. The minimum Gasteiger partial charge on any atom is -0.497 e. The van der Waals surface area contributed by atoms with Crippen LogP contribution in [0.4, 0.5) is 17.2 Å². The van der Waals surface area contributed by atoms with Crippen LogP contribution in [0, 0.1) is 11.3 Å². The van der Waals surface area contributed by atoms with Crippen molar-refractivity contribution in [2.24, 2.45) is 0 Å². The van der Waals surface area contributed by atoms with Gasteiger partial charge in [-0.2, -0.15) is 5.26 Å². The summed E-state index contributed by atoms with van der Waals surface area (Å²) >= 11 is 0. The molecule has 9 nitrogen and oxygen atoms in total. The van der Waals surface area contributed by atoms with Crippen LogP contribution in [0.1, 0.15) is 11.1 Å². The van der Waals surface area contributed by atoms with Crippen LogP contribution in [-0.4, -0.2) is 57.5 Å². The van der Waals surface area contributed by atoms with E-state index in [0.29, 0.717) is 47.9 Å². The molecule has 1 aromatic heterocycles. The van der Waals surface area contributed by atoms with Gasteiger partial charge in [-0.1, -0.05) is 12.1 Å². The standard InChI is InChI=1S/C29H29N5O4/c1-33(21-6-11-26(27(16-21)36-3)38-19-20-4-7-22(35-2)8-5-20)25-10-9-24-29(23(25)17-30)32-28(18-31-24)34-12-14-37-15-13-34/h4-11,16,18H,12-15,19H2,1-3H3. The van der Waals surface area contributed by atoms with Crippen LogP contribution in [0.15, 0.2) is 60.8 Å². The van der Waals surface area contributed by atoms with Gasteiger partial charge in [0.25, 0.3) is 0 Å². The molecule has 194 valence electrons. The van der Waals surface area contributed by atoms with Crippen LogP contribution in [0.25, 0.3) is 11.0 Å². The molecule has 1 aliphatic rings. The van der Waals surface area contributed by atoms with E-state index in [1.807, 2.05) is 66.5 Å². The first-order valence-corrected chi connectivity index (χ1v) is 12.3. The molecule has 0 atom stereocenters. The summed E-state index contributed by atoms with van der Waals surface area (Å²) in [6, 6.07) is 19.6. The van der Waals surface area contributed by atoms with E-state index in [2.05, 4.69) is 16.0 Å². The summed E-state index contributed by atoms with van der Waals surface area (Å²) in [7, 11) is 5.16. The molecule has 3 aromatic carbocycles. The molecule has 0 saturated carbocycles. The van der Waals surface area contributed by atoms with Gasteiger partial charge in [-0.25, -0.2) is 4.98 Å². The normalized spacial score (nSPS) is 13.2. The predicted molar refractivity (Wildman–Crippen MR) is 146 cm³/mol. The van der Waals surface area contributed by atoms with E-state index in [1.54, 1.807) is 20.4 Å². The summed E-state index contributed by atoms with van der Waals surface area (Å²) in [6.07, 6.45) is 1.76. The number of nitrogens with zero attached hydrogens (tertiary/aromatic N) is 5. The molecule has 0 aliphatic carbocycles. The van der Waals surface area contributed by atoms with Gasteiger partial charge < -0.3 is 28.7 Å². The van der Waals surface area contributed by atoms with E-state index in [9.17, 15) is 5.26 Å². The number of rotatable bonds is 8. The molecule has 0 unspecified atom stereocenters. The van der Waals surface area contributed by atoms with Gasteiger partial charge in [0.1, 0.15) is 35.3 Å². The van der Waals surface area contributed by atoms with Gasteiger partial charge in [0.2, 0.25) is 0 Å². The van der Waals surface area contributed by atoms with Gasteiger partial charge in [0.05, 0.1) is 44.8 Å². The molecule has 9 heteroatoms. The number of morpholine rings is 1. The average molecular weight is 512 g/mol. The Kier molecular flexibility index (Phi) is 7.43. The Morgan fingerprint density at radius 2 is 1.79 bits per heavy atom. The van der Waals surface area contributed by atoms with Crippen molar-refractivity contribution in [3.8, 4) is 23.3 Å². The number of methoxy groups -OCH3 is 2. The van der Waals surface area contributed by atoms with Gasteiger partial charge in [0.15, 0.2) is 11.5 Å². The molecule has 5 rings (SSSR count). The van der Waals surface area contributed by atoms with Crippen LogP contribution in [0.5, 0.6) is 17.2 Å². The number of ether oxygens (including phenoxy) is 4. The van der Waals surface area contributed by atoms with Crippen molar-refractivity contribution >= 4 is 28.2 Å². The molecular weight excluding hydrogens is 482 g/mol. The predicted octanol–water partition coefficient (Wildman–Crippen LogP) is 4.70. The average Bonchev–Trinajstić information content (AvgIpc) is 2.99. The van der Waals surface area contributed by atoms with Crippen molar-refractivity contribution in [3.63, 3.8) is 0 Å². The maximum absolute atomic E-state index is 10.1. The highest BCUT2D eigenvalue weighted by Crippen LogP contribution is 2.37. The lowest BCUT2D eigenvalue weighted by Crippen LogP contribution is -2.36. The first kappa shape index (κ1) is 25.1. The molecule has 2 heterocycles. The third-order valence-electron chi connectivity index (χ3n) is 6.58. The van der Waals surface area contributed by atoms with Crippen molar-refractivity contribution in [2.75, 3.05) is 57.4 Å². The second-order valence-electron chi connectivity index (χ2n) is 8.80. The minimum absolute atomic E-state index is 0.392. The van der Waals surface area contributed by atoms with Crippen LogP contribution < -0.4 is 24.0 Å². The molecule has 1 fully saturated rings. The van der Waals surface area contributed by atoms with Crippen molar-refractivity contribution in [1.82, 2.24) is 9.97 Å². The van der Waals surface area contributed by atoms with Crippen molar-refractivity contribution in [3.05, 3.63) is 71.9 Å². The lowest BCUT2D eigenvalue weighted by Gasteiger charge is -2.28. The highest BCUT2D eigenvalue weighted by molar-refractivity contribution is 5.89. The Labute approximate surface area is 221 Å². The largest absolute Gasteiger partial charge is 0.497 e. The monoisotopic (exact) mass is 511 g/mol. The molecule has 0 spiro atoms. The number of nitriles is 1. The van der Waals surface area contributed by atoms with Crippen LogP contribution in [0.2, 0.25) is 0 Å². The zero-order chi connectivity index (χ0) is 26.5. The summed E-state index contributed by atoms with van der Waals surface area (Å²) < 4.78 is 22.3. The second-order valence-corrected chi connectivity index (χ2v) is 8.80. The minimum atomic E-state index is 0.392. The van der Waals surface area contributed by atoms with Crippen molar-refractivity contribution < 1.29 is 18.9 Å². The molecule has 4 aromatic rings. The number of hydrogen-bond acceptors (Lipinski definition) is 9. The Bertz CT molecular complexity index is 1460. The fourth-order valence-corrected chi connectivity index (χ4v) is 4.40. The lowest BCUT2D eigenvalue weighted by molar-refractivity contribution is 0.122. The second kappa shape index (κ2) is 11.2. The summed E-state index contributed by atoms with van der Waals surface area (Å²) in [6.45, 7) is 3.18. The smallest absolute Gasteiger partial charge is 0.162 e. The van der Waals surface area contributed by atoms with E-state index in [0.717, 1.165) is 41.6 Å². The Morgan fingerprint density at radius 3 is 2.50 bits per heavy atom. The third kappa shape index (κ3) is 5.12. The zero-order valence-corrected chi connectivity index (χ0v) is 21.7. The molecular formula is C29H29N5O4. The van der Waals surface area contributed by atoms with E-state index in [-0.39, 0.29) is 0 Å². The molecule has 38 heavy (non-hydrogen) atoms. The van der Waals surface area contributed by atoms with E-state index < -0.39 is 0 Å². The first-order chi connectivity index (χ1) is 18.6. The maximum Gasteiger partial charge on any atom is 0.162 e. The van der Waals surface area contributed by atoms with Gasteiger partial charge >= 0.3 is 0 Å². The molecule has 0 radical (unpaired) electrons. The Balaban J connectivity index is 1.41. The first-order valence-electron chi connectivity index (χ1n) is 12.3. The number of aromatic nitrogens is 2. The SMILES string of the molecule is COc1ccc(COc2ccc(N(C)c3ccc4ncc(N5CCOCC5)nc4c3C#N)cc2OC)cc1. The quantitative estimate of drug-likeness (QED) is 0.334.